The van der Waals surface area contributed by atoms with Crippen molar-refractivity contribution in [2.75, 3.05) is 0 Å². The largest absolute Gasteiger partial charge is 0.457 e. The molecule has 0 spiro atoms. The topological polar surface area (TPSA) is 26.3 Å². The predicted molar refractivity (Wildman–Crippen MR) is 84.1 cm³/mol. The third-order valence-electron chi connectivity index (χ3n) is 1.86. The van der Waals surface area contributed by atoms with Crippen molar-refractivity contribution in [3.05, 3.63) is 36.5 Å². The van der Waals surface area contributed by atoms with Gasteiger partial charge in [-0.15, -0.1) is 0 Å². The average Bonchev–Trinajstić information content (AvgIpc) is 2.27. The van der Waals surface area contributed by atoms with Gasteiger partial charge >= 0.3 is 5.97 Å². The zero-order valence-electron chi connectivity index (χ0n) is 13.5. The SMILES string of the molecule is C=CC(=O)OC(C)(C)C.CCC=CCCC=C(C)C. The van der Waals surface area contributed by atoms with E-state index in [1.54, 1.807) is 0 Å². The van der Waals surface area contributed by atoms with Crippen molar-refractivity contribution >= 4 is 5.97 Å². The van der Waals surface area contributed by atoms with Crippen LogP contribution in [0.4, 0.5) is 0 Å². The van der Waals surface area contributed by atoms with Crippen molar-refractivity contribution in [2.45, 2.75) is 66.4 Å². The molecular weight excluding hydrogens is 236 g/mol. The summed E-state index contributed by atoms with van der Waals surface area (Å²) >= 11 is 0. The van der Waals surface area contributed by atoms with E-state index in [-0.39, 0.29) is 5.97 Å². The second kappa shape index (κ2) is 11.8. The van der Waals surface area contributed by atoms with Gasteiger partial charge in [0.1, 0.15) is 5.60 Å². The molecular formula is C17H30O2. The monoisotopic (exact) mass is 266 g/mol. The van der Waals surface area contributed by atoms with Gasteiger partial charge in [-0.05, 0) is 53.9 Å². The van der Waals surface area contributed by atoms with Crippen molar-refractivity contribution < 1.29 is 9.53 Å². The molecule has 110 valence electrons. The zero-order valence-corrected chi connectivity index (χ0v) is 13.5. The molecule has 0 aromatic carbocycles. The summed E-state index contributed by atoms with van der Waals surface area (Å²) < 4.78 is 4.83. The number of hydrogen-bond acceptors (Lipinski definition) is 2. The fraction of sp³-hybridized carbons (Fsp3) is 0.588. The Labute approximate surface area is 119 Å². The van der Waals surface area contributed by atoms with Gasteiger partial charge in [-0.1, -0.05) is 37.3 Å². The van der Waals surface area contributed by atoms with Gasteiger partial charge in [-0.25, -0.2) is 4.79 Å². The lowest BCUT2D eigenvalue weighted by atomic mass is 10.2. The number of rotatable bonds is 5. The van der Waals surface area contributed by atoms with Crippen LogP contribution in [0.1, 0.15) is 60.8 Å². The molecule has 0 heterocycles. The highest BCUT2D eigenvalue weighted by atomic mass is 16.6. The first-order valence-electron chi connectivity index (χ1n) is 6.86. The van der Waals surface area contributed by atoms with E-state index in [1.807, 2.05) is 20.8 Å². The van der Waals surface area contributed by atoms with Gasteiger partial charge in [0.05, 0.1) is 0 Å². The van der Waals surface area contributed by atoms with E-state index in [4.69, 9.17) is 4.74 Å². The Morgan fingerprint density at radius 2 is 1.74 bits per heavy atom. The highest BCUT2D eigenvalue weighted by Gasteiger charge is 2.12. The normalized spacial score (nSPS) is 10.4. The summed E-state index contributed by atoms with van der Waals surface area (Å²) in [6.07, 6.45) is 11.5. The lowest BCUT2D eigenvalue weighted by Gasteiger charge is -2.17. The zero-order chi connectivity index (χ0) is 15.3. The molecule has 2 heteroatoms. The van der Waals surface area contributed by atoms with Gasteiger partial charge < -0.3 is 4.74 Å². The minimum absolute atomic E-state index is 0.373. The number of carbonyl (C=O) groups excluding carboxylic acids is 1. The Morgan fingerprint density at radius 1 is 1.16 bits per heavy atom. The molecule has 0 amide bonds. The van der Waals surface area contributed by atoms with E-state index in [1.165, 1.54) is 18.4 Å². The molecule has 0 N–H and O–H groups in total. The summed E-state index contributed by atoms with van der Waals surface area (Å²) in [5.74, 6) is -0.373. The van der Waals surface area contributed by atoms with Crippen molar-refractivity contribution in [3.63, 3.8) is 0 Å². The Bertz CT molecular complexity index is 300. The second-order valence-corrected chi connectivity index (χ2v) is 5.48. The van der Waals surface area contributed by atoms with Crippen LogP contribution >= 0.6 is 0 Å². The highest BCUT2D eigenvalue weighted by Crippen LogP contribution is 2.06. The standard InChI is InChI=1S/C10H18.C7H12O2/c1-4-5-6-7-8-9-10(2)3;1-5-6(8)9-7(2,3)4/h5-6,9H,4,7-8H2,1-3H3;5H,1H2,2-4H3. The van der Waals surface area contributed by atoms with Crippen LogP contribution in [0.2, 0.25) is 0 Å². The summed E-state index contributed by atoms with van der Waals surface area (Å²) in [5, 5.41) is 0. The third-order valence-corrected chi connectivity index (χ3v) is 1.86. The first-order valence-corrected chi connectivity index (χ1v) is 6.86. The second-order valence-electron chi connectivity index (χ2n) is 5.48. The fourth-order valence-electron chi connectivity index (χ4n) is 1.10. The molecule has 0 bridgehead atoms. The fourth-order valence-corrected chi connectivity index (χ4v) is 1.10. The molecule has 0 aromatic heterocycles. The van der Waals surface area contributed by atoms with Gasteiger partial charge in [0.2, 0.25) is 0 Å². The van der Waals surface area contributed by atoms with Gasteiger partial charge in [0.15, 0.2) is 0 Å². The van der Waals surface area contributed by atoms with Gasteiger partial charge in [-0.2, -0.15) is 0 Å². The predicted octanol–water partition coefficient (Wildman–Crippen LogP) is 5.21. The third kappa shape index (κ3) is 22.4. The molecule has 0 aliphatic rings. The summed E-state index contributed by atoms with van der Waals surface area (Å²) in [6, 6.07) is 0. The maximum Gasteiger partial charge on any atom is 0.330 e. The molecule has 0 aromatic rings. The van der Waals surface area contributed by atoms with Crippen LogP contribution in [0.5, 0.6) is 0 Å². The van der Waals surface area contributed by atoms with E-state index in [9.17, 15) is 4.79 Å². The quantitative estimate of drug-likeness (QED) is 0.295. The molecule has 0 radical (unpaired) electrons. The number of hydrogen-bond donors (Lipinski definition) is 0. The molecule has 0 atom stereocenters. The summed E-state index contributed by atoms with van der Waals surface area (Å²) in [4.78, 5) is 10.5. The van der Waals surface area contributed by atoms with E-state index in [0.29, 0.717) is 0 Å². The maximum absolute atomic E-state index is 10.5. The van der Waals surface area contributed by atoms with Crippen LogP contribution in [0.25, 0.3) is 0 Å². The first kappa shape index (κ1) is 20.0. The summed E-state index contributed by atoms with van der Waals surface area (Å²) in [6.45, 7) is 15.2. The molecule has 0 fully saturated rings. The van der Waals surface area contributed by atoms with E-state index >= 15 is 0 Å². The van der Waals surface area contributed by atoms with E-state index < -0.39 is 5.60 Å². The molecule has 19 heavy (non-hydrogen) atoms. The molecule has 0 saturated heterocycles. The minimum Gasteiger partial charge on any atom is -0.457 e. The lowest BCUT2D eigenvalue weighted by Crippen LogP contribution is -2.22. The van der Waals surface area contributed by atoms with Crippen LogP contribution in [-0.2, 0) is 9.53 Å². The maximum atomic E-state index is 10.5. The number of unbranched alkanes of at least 4 members (excludes halogenated alkanes) is 1. The molecule has 0 aliphatic carbocycles. The smallest absolute Gasteiger partial charge is 0.330 e. The van der Waals surface area contributed by atoms with Crippen LogP contribution in [0.3, 0.4) is 0 Å². The number of carbonyl (C=O) groups is 1. The molecule has 0 aliphatic heterocycles. The average molecular weight is 266 g/mol. The van der Waals surface area contributed by atoms with Crippen LogP contribution in [-0.4, -0.2) is 11.6 Å². The van der Waals surface area contributed by atoms with Crippen LogP contribution < -0.4 is 0 Å². The Kier molecular flexibility index (Phi) is 12.4. The van der Waals surface area contributed by atoms with Gasteiger partial charge in [0.25, 0.3) is 0 Å². The molecule has 2 nitrogen and oxygen atoms in total. The Morgan fingerprint density at radius 3 is 2.05 bits per heavy atom. The van der Waals surface area contributed by atoms with E-state index in [2.05, 4.69) is 45.6 Å². The summed E-state index contributed by atoms with van der Waals surface area (Å²) in [7, 11) is 0. The summed E-state index contributed by atoms with van der Waals surface area (Å²) in [5.41, 5.74) is 1.02. The van der Waals surface area contributed by atoms with Crippen molar-refractivity contribution in [1.29, 1.82) is 0 Å². The lowest BCUT2D eigenvalue weighted by molar-refractivity contribution is -0.148. The van der Waals surface area contributed by atoms with Crippen molar-refractivity contribution in [1.82, 2.24) is 0 Å². The van der Waals surface area contributed by atoms with Crippen molar-refractivity contribution in [3.8, 4) is 0 Å². The van der Waals surface area contributed by atoms with Crippen molar-refractivity contribution in [2.24, 2.45) is 0 Å². The Hall–Kier alpha value is -1.31. The van der Waals surface area contributed by atoms with Crippen LogP contribution in [0, 0.1) is 0 Å². The van der Waals surface area contributed by atoms with Gasteiger partial charge in [0, 0.05) is 6.08 Å². The number of allylic oxidation sites excluding steroid dienone is 4. The number of ether oxygens (including phenoxy) is 1. The first-order chi connectivity index (χ1) is 8.72. The Balaban J connectivity index is 0. The molecule has 0 unspecified atom stereocenters. The molecule has 0 saturated carbocycles. The van der Waals surface area contributed by atoms with Crippen LogP contribution in [0.15, 0.2) is 36.5 Å². The highest BCUT2D eigenvalue weighted by molar-refractivity contribution is 5.81. The number of esters is 1. The molecule has 0 rings (SSSR count). The minimum atomic E-state index is -0.398. The van der Waals surface area contributed by atoms with Gasteiger partial charge in [-0.3, -0.25) is 0 Å². The van der Waals surface area contributed by atoms with E-state index in [0.717, 1.165) is 12.5 Å².